The van der Waals surface area contributed by atoms with Crippen molar-refractivity contribution >= 4 is 17.5 Å². The molecule has 1 N–H and O–H groups in total. The number of carbonyl (C=O) groups excluding carboxylic acids is 2. The second kappa shape index (κ2) is 9.77. The van der Waals surface area contributed by atoms with Gasteiger partial charge in [-0.05, 0) is 60.6 Å². The number of amides is 2. The highest BCUT2D eigenvalue weighted by atomic mass is 16.2. The van der Waals surface area contributed by atoms with Crippen LogP contribution in [-0.2, 0) is 11.3 Å². The summed E-state index contributed by atoms with van der Waals surface area (Å²) in [7, 11) is 0. The topological polar surface area (TPSA) is 66.7 Å². The Kier molecular flexibility index (Phi) is 6.42. The Labute approximate surface area is 195 Å². The number of rotatable bonds is 6. The Hall–Kier alpha value is -3.15. The molecule has 1 atom stereocenters. The Morgan fingerprint density at radius 2 is 1.82 bits per heavy atom. The SMILES string of the molecule is O=C(NCc1ccn2ccnc2c1)c1ccc(C2CCN(C(=O)CC3CCCCC3)C2)cc1. The number of benzene rings is 1. The molecule has 0 spiro atoms. The number of imidazole rings is 1. The van der Waals surface area contributed by atoms with Gasteiger partial charge in [0.05, 0.1) is 0 Å². The third-order valence-electron chi connectivity index (χ3n) is 7.29. The number of likely N-dealkylation sites (tertiary alicyclic amines) is 1. The standard InChI is InChI=1S/C27H32N4O2/c32-26(17-20-4-2-1-3-5-20)31-14-11-24(19-31)22-6-8-23(9-7-22)27(33)29-18-21-10-13-30-15-12-28-25(30)16-21/h6-10,12-13,15-16,20,24H,1-5,11,14,17-19H2,(H,29,33). The molecule has 6 heteroatoms. The molecule has 3 aromatic rings. The summed E-state index contributed by atoms with van der Waals surface area (Å²) in [5.74, 6) is 1.19. The predicted octanol–water partition coefficient (Wildman–Crippen LogP) is 4.55. The molecule has 6 nitrogen and oxygen atoms in total. The molecule has 1 unspecified atom stereocenters. The van der Waals surface area contributed by atoms with E-state index >= 15 is 0 Å². The molecular formula is C27H32N4O2. The first-order chi connectivity index (χ1) is 16.2. The lowest BCUT2D eigenvalue weighted by molar-refractivity contribution is -0.131. The van der Waals surface area contributed by atoms with Crippen LogP contribution in [0.2, 0.25) is 0 Å². The van der Waals surface area contributed by atoms with Crippen molar-refractivity contribution < 1.29 is 9.59 Å². The molecule has 1 aromatic carbocycles. The minimum atomic E-state index is -0.0829. The maximum absolute atomic E-state index is 12.7. The summed E-state index contributed by atoms with van der Waals surface area (Å²) < 4.78 is 1.94. The minimum Gasteiger partial charge on any atom is -0.348 e. The summed E-state index contributed by atoms with van der Waals surface area (Å²) in [4.78, 5) is 31.7. The molecule has 2 amide bonds. The van der Waals surface area contributed by atoms with Crippen molar-refractivity contribution in [3.63, 3.8) is 0 Å². The van der Waals surface area contributed by atoms with E-state index in [1.165, 1.54) is 37.7 Å². The van der Waals surface area contributed by atoms with Gasteiger partial charge in [0.25, 0.3) is 5.91 Å². The van der Waals surface area contributed by atoms with Gasteiger partial charge >= 0.3 is 0 Å². The summed E-state index contributed by atoms with van der Waals surface area (Å²) >= 11 is 0. The van der Waals surface area contributed by atoms with Gasteiger partial charge < -0.3 is 14.6 Å². The first-order valence-electron chi connectivity index (χ1n) is 12.2. The Morgan fingerprint density at radius 1 is 1.00 bits per heavy atom. The van der Waals surface area contributed by atoms with Gasteiger partial charge in [-0.2, -0.15) is 0 Å². The van der Waals surface area contributed by atoms with Crippen LogP contribution in [0.3, 0.4) is 0 Å². The van der Waals surface area contributed by atoms with Gasteiger partial charge in [-0.1, -0.05) is 31.4 Å². The molecule has 2 aromatic heterocycles. The van der Waals surface area contributed by atoms with Crippen molar-refractivity contribution in [2.45, 2.75) is 57.4 Å². The summed E-state index contributed by atoms with van der Waals surface area (Å²) in [6.45, 7) is 2.11. The number of carbonyl (C=O) groups is 2. The fourth-order valence-corrected chi connectivity index (χ4v) is 5.28. The molecule has 2 fully saturated rings. The smallest absolute Gasteiger partial charge is 0.251 e. The molecule has 172 valence electrons. The third-order valence-corrected chi connectivity index (χ3v) is 7.29. The number of aromatic nitrogens is 2. The molecule has 5 rings (SSSR count). The van der Waals surface area contributed by atoms with E-state index in [1.807, 2.05) is 53.2 Å². The fraction of sp³-hybridized carbons (Fsp3) is 0.444. The van der Waals surface area contributed by atoms with Gasteiger partial charge in [-0.15, -0.1) is 0 Å². The monoisotopic (exact) mass is 444 g/mol. The average Bonchev–Trinajstić information content (AvgIpc) is 3.53. The molecule has 33 heavy (non-hydrogen) atoms. The van der Waals surface area contributed by atoms with E-state index in [1.54, 1.807) is 6.20 Å². The maximum atomic E-state index is 12.7. The number of nitrogens with one attached hydrogen (secondary N) is 1. The van der Waals surface area contributed by atoms with E-state index in [2.05, 4.69) is 15.2 Å². The van der Waals surface area contributed by atoms with Crippen LogP contribution in [0.25, 0.3) is 5.65 Å². The second-order valence-electron chi connectivity index (χ2n) is 9.57. The molecule has 2 aliphatic rings. The first-order valence-corrected chi connectivity index (χ1v) is 12.2. The molecule has 3 heterocycles. The zero-order valence-electron chi connectivity index (χ0n) is 19.1. The van der Waals surface area contributed by atoms with Crippen LogP contribution in [-0.4, -0.2) is 39.2 Å². The van der Waals surface area contributed by atoms with E-state index < -0.39 is 0 Å². The molecule has 0 radical (unpaired) electrons. The predicted molar refractivity (Wildman–Crippen MR) is 128 cm³/mol. The highest BCUT2D eigenvalue weighted by Gasteiger charge is 2.29. The number of fused-ring (bicyclic) bond motifs is 1. The van der Waals surface area contributed by atoms with E-state index in [4.69, 9.17) is 0 Å². The summed E-state index contributed by atoms with van der Waals surface area (Å²) in [5, 5.41) is 2.99. The molecule has 1 saturated heterocycles. The summed E-state index contributed by atoms with van der Waals surface area (Å²) in [5.41, 5.74) is 3.75. The fourth-order valence-electron chi connectivity index (χ4n) is 5.28. The van der Waals surface area contributed by atoms with Crippen molar-refractivity contribution in [2.24, 2.45) is 5.92 Å². The van der Waals surface area contributed by atoms with Gasteiger partial charge in [0.15, 0.2) is 0 Å². The lowest BCUT2D eigenvalue weighted by atomic mass is 9.86. The lowest BCUT2D eigenvalue weighted by Crippen LogP contribution is -2.30. The van der Waals surface area contributed by atoms with E-state index in [0.29, 0.717) is 29.9 Å². The van der Waals surface area contributed by atoms with Crippen molar-refractivity contribution in [1.82, 2.24) is 19.6 Å². The van der Waals surface area contributed by atoms with Crippen LogP contribution < -0.4 is 5.32 Å². The number of hydrogen-bond acceptors (Lipinski definition) is 3. The molecule has 1 aliphatic heterocycles. The van der Waals surface area contributed by atoms with Gasteiger partial charge in [-0.25, -0.2) is 4.98 Å². The Morgan fingerprint density at radius 3 is 2.64 bits per heavy atom. The van der Waals surface area contributed by atoms with Crippen LogP contribution >= 0.6 is 0 Å². The van der Waals surface area contributed by atoms with Crippen LogP contribution in [0.5, 0.6) is 0 Å². The van der Waals surface area contributed by atoms with Crippen molar-refractivity contribution in [3.05, 3.63) is 71.7 Å². The van der Waals surface area contributed by atoms with Gasteiger partial charge in [-0.3, -0.25) is 9.59 Å². The Balaban J connectivity index is 1.13. The van der Waals surface area contributed by atoms with Crippen LogP contribution in [0.4, 0.5) is 0 Å². The largest absolute Gasteiger partial charge is 0.348 e. The van der Waals surface area contributed by atoms with Crippen molar-refractivity contribution in [1.29, 1.82) is 0 Å². The maximum Gasteiger partial charge on any atom is 0.251 e. The lowest BCUT2D eigenvalue weighted by Gasteiger charge is -2.24. The van der Waals surface area contributed by atoms with E-state index in [-0.39, 0.29) is 5.91 Å². The number of hydrogen-bond donors (Lipinski definition) is 1. The number of pyridine rings is 1. The van der Waals surface area contributed by atoms with Crippen LogP contribution in [0.1, 0.15) is 72.3 Å². The van der Waals surface area contributed by atoms with E-state index in [9.17, 15) is 9.59 Å². The van der Waals surface area contributed by atoms with Gasteiger partial charge in [0, 0.05) is 56.1 Å². The normalized spacial score (nSPS) is 19.2. The molecule has 0 bridgehead atoms. The quantitative estimate of drug-likeness (QED) is 0.607. The zero-order chi connectivity index (χ0) is 22.6. The molecular weight excluding hydrogens is 412 g/mol. The second-order valence-corrected chi connectivity index (χ2v) is 9.57. The molecule has 1 saturated carbocycles. The summed E-state index contributed by atoms with van der Waals surface area (Å²) in [6, 6.07) is 11.9. The van der Waals surface area contributed by atoms with Gasteiger partial charge in [0.1, 0.15) is 5.65 Å². The first kappa shape index (κ1) is 21.7. The van der Waals surface area contributed by atoms with Gasteiger partial charge in [0.2, 0.25) is 5.91 Å². The van der Waals surface area contributed by atoms with Crippen molar-refractivity contribution in [2.75, 3.05) is 13.1 Å². The van der Waals surface area contributed by atoms with E-state index in [0.717, 1.165) is 37.1 Å². The molecule has 1 aliphatic carbocycles. The Bertz CT molecular complexity index is 1110. The highest BCUT2D eigenvalue weighted by molar-refractivity contribution is 5.94. The average molecular weight is 445 g/mol. The third kappa shape index (κ3) is 5.10. The van der Waals surface area contributed by atoms with Crippen LogP contribution in [0.15, 0.2) is 55.0 Å². The zero-order valence-corrected chi connectivity index (χ0v) is 19.1. The number of nitrogens with zero attached hydrogens (tertiary/aromatic N) is 3. The summed E-state index contributed by atoms with van der Waals surface area (Å²) in [6.07, 6.45) is 13.6. The van der Waals surface area contributed by atoms with Crippen LogP contribution in [0, 0.1) is 5.92 Å². The van der Waals surface area contributed by atoms with Crippen molar-refractivity contribution in [3.8, 4) is 0 Å². The highest BCUT2D eigenvalue weighted by Crippen LogP contribution is 2.31. The minimum absolute atomic E-state index is 0.0829.